The van der Waals surface area contributed by atoms with Crippen LogP contribution in [0.25, 0.3) is 10.2 Å². The molecule has 0 aliphatic rings. The summed E-state index contributed by atoms with van der Waals surface area (Å²) in [4.78, 5) is 4.58. The molecule has 1 atom stereocenters. The van der Waals surface area contributed by atoms with Gasteiger partial charge in [-0.2, -0.15) is 0 Å². The van der Waals surface area contributed by atoms with E-state index in [-0.39, 0.29) is 11.9 Å². The molecule has 1 N–H and O–H groups in total. The first-order chi connectivity index (χ1) is 9.61. The van der Waals surface area contributed by atoms with E-state index < -0.39 is 0 Å². The molecule has 20 heavy (non-hydrogen) atoms. The van der Waals surface area contributed by atoms with Gasteiger partial charge in [-0.15, -0.1) is 0 Å². The fraction of sp³-hybridized carbons (Fsp3) is 0.188. The van der Waals surface area contributed by atoms with E-state index >= 15 is 0 Å². The van der Waals surface area contributed by atoms with Crippen molar-refractivity contribution in [2.45, 2.75) is 19.9 Å². The molecule has 2 aromatic carbocycles. The van der Waals surface area contributed by atoms with Crippen LogP contribution >= 0.6 is 11.3 Å². The van der Waals surface area contributed by atoms with Crippen LogP contribution in [0.5, 0.6) is 0 Å². The summed E-state index contributed by atoms with van der Waals surface area (Å²) in [7, 11) is 0. The Labute approximate surface area is 121 Å². The van der Waals surface area contributed by atoms with Gasteiger partial charge in [0.2, 0.25) is 0 Å². The van der Waals surface area contributed by atoms with Crippen molar-refractivity contribution in [2.75, 3.05) is 5.32 Å². The molecule has 0 aliphatic carbocycles. The van der Waals surface area contributed by atoms with Gasteiger partial charge in [0.15, 0.2) is 5.13 Å². The van der Waals surface area contributed by atoms with Crippen molar-refractivity contribution in [1.29, 1.82) is 0 Å². The van der Waals surface area contributed by atoms with Crippen LogP contribution in [0, 0.1) is 12.7 Å². The van der Waals surface area contributed by atoms with Crippen molar-refractivity contribution in [1.82, 2.24) is 4.98 Å². The van der Waals surface area contributed by atoms with Crippen LogP contribution in [0.4, 0.5) is 9.52 Å². The Balaban J connectivity index is 1.85. The number of thiazole rings is 1. The van der Waals surface area contributed by atoms with Crippen molar-refractivity contribution >= 4 is 26.7 Å². The molecule has 0 saturated heterocycles. The lowest BCUT2D eigenvalue weighted by Gasteiger charge is -2.13. The fourth-order valence-electron chi connectivity index (χ4n) is 2.14. The first kappa shape index (κ1) is 13.1. The number of nitrogens with one attached hydrogen (secondary N) is 1. The van der Waals surface area contributed by atoms with E-state index in [0.717, 1.165) is 20.9 Å². The smallest absolute Gasteiger partial charge is 0.184 e. The second-order valence-corrected chi connectivity index (χ2v) is 5.94. The van der Waals surface area contributed by atoms with Crippen LogP contribution in [0.3, 0.4) is 0 Å². The minimum Gasteiger partial charge on any atom is -0.355 e. The van der Waals surface area contributed by atoms with Crippen LogP contribution in [-0.4, -0.2) is 4.98 Å². The van der Waals surface area contributed by atoms with Gasteiger partial charge in [-0.05, 0) is 49.2 Å². The van der Waals surface area contributed by atoms with E-state index in [0.29, 0.717) is 0 Å². The van der Waals surface area contributed by atoms with Crippen LogP contribution in [0.15, 0.2) is 42.5 Å². The topological polar surface area (TPSA) is 24.9 Å². The predicted molar refractivity (Wildman–Crippen MR) is 82.8 cm³/mol. The number of rotatable bonds is 3. The molecule has 1 aromatic heterocycles. The summed E-state index contributed by atoms with van der Waals surface area (Å²) in [6.45, 7) is 4.06. The first-order valence-corrected chi connectivity index (χ1v) is 7.33. The average Bonchev–Trinajstić information content (AvgIpc) is 2.80. The maximum atomic E-state index is 13.2. The standard InChI is InChI=1S/C16H15FN2S/c1-10-6-7-15-14(8-10)19-16(20-15)18-11(2)12-4-3-5-13(17)9-12/h3-9,11H,1-2H3,(H,18,19). The Hall–Kier alpha value is -1.94. The summed E-state index contributed by atoms with van der Waals surface area (Å²) < 4.78 is 14.4. The number of hydrogen-bond donors (Lipinski definition) is 1. The monoisotopic (exact) mass is 286 g/mol. The SMILES string of the molecule is Cc1ccc2sc(NC(C)c3cccc(F)c3)nc2c1. The minimum absolute atomic E-state index is 0.0207. The lowest BCUT2D eigenvalue weighted by Crippen LogP contribution is -2.06. The van der Waals surface area contributed by atoms with Crippen molar-refractivity contribution in [2.24, 2.45) is 0 Å². The molecule has 0 saturated carbocycles. The van der Waals surface area contributed by atoms with E-state index in [4.69, 9.17) is 0 Å². The molecule has 4 heteroatoms. The van der Waals surface area contributed by atoms with E-state index in [9.17, 15) is 4.39 Å². The molecule has 0 bridgehead atoms. The molecule has 0 aliphatic heterocycles. The predicted octanol–water partition coefficient (Wildman–Crippen LogP) is 4.92. The summed E-state index contributed by atoms with van der Waals surface area (Å²) in [5.41, 5.74) is 3.12. The van der Waals surface area contributed by atoms with Gasteiger partial charge in [-0.3, -0.25) is 0 Å². The molecule has 1 unspecified atom stereocenters. The Bertz CT molecular complexity index is 751. The molecule has 0 fully saturated rings. The fourth-order valence-corrected chi connectivity index (χ4v) is 3.08. The van der Waals surface area contributed by atoms with Crippen LogP contribution in [0.2, 0.25) is 0 Å². The van der Waals surface area contributed by atoms with Gasteiger partial charge in [-0.25, -0.2) is 9.37 Å². The zero-order valence-electron chi connectivity index (χ0n) is 11.4. The summed E-state index contributed by atoms with van der Waals surface area (Å²) in [6, 6.07) is 12.9. The second-order valence-electron chi connectivity index (χ2n) is 4.91. The third-order valence-corrected chi connectivity index (χ3v) is 4.20. The third kappa shape index (κ3) is 2.65. The maximum Gasteiger partial charge on any atom is 0.184 e. The molecule has 0 spiro atoms. The van der Waals surface area contributed by atoms with Gasteiger partial charge in [0.25, 0.3) is 0 Å². The third-order valence-electron chi connectivity index (χ3n) is 3.23. The number of halogens is 1. The molecule has 1 heterocycles. The number of benzene rings is 2. The molecule has 0 radical (unpaired) electrons. The number of fused-ring (bicyclic) bond motifs is 1. The summed E-state index contributed by atoms with van der Waals surface area (Å²) in [5, 5.41) is 4.20. The number of hydrogen-bond acceptors (Lipinski definition) is 3. The Kier molecular flexibility index (Phi) is 3.40. The molecule has 3 rings (SSSR count). The van der Waals surface area contributed by atoms with E-state index in [1.165, 1.54) is 11.6 Å². The van der Waals surface area contributed by atoms with E-state index in [2.05, 4.69) is 35.4 Å². The van der Waals surface area contributed by atoms with Crippen molar-refractivity contribution in [3.05, 3.63) is 59.4 Å². The molecular formula is C16H15FN2S. The second kappa shape index (κ2) is 5.21. The first-order valence-electron chi connectivity index (χ1n) is 6.51. The lowest BCUT2D eigenvalue weighted by atomic mass is 10.1. The molecular weight excluding hydrogens is 271 g/mol. The maximum absolute atomic E-state index is 13.2. The number of anilines is 1. The quantitative estimate of drug-likeness (QED) is 0.739. The molecule has 0 amide bonds. The van der Waals surface area contributed by atoms with Gasteiger partial charge in [-0.1, -0.05) is 29.5 Å². The van der Waals surface area contributed by atoms with Gasteiger partial charge < -0.3 is 5.32 Å². The Morgan fingerprint density at radius 2 is 2.05 bits per heavy atom. The number of nitrogens with zero attached hydrogens (tertiary/aromatic N) is 1. The lowest BCUT2D eigenvalue weighted by molar-refractivity contribution is 0.623. The highest BCUT2D eigenvalue weighted by atomic mass is 32.1. The average molecular weight is 286 g/mol. The normalized spacial score (nSPS) is 12.6. The molecule has 2 nitrogen and oxygen atoms in total. The highest BCUT2D eigenvalue weighted by Crippen LogP contribution is 2.29. The van der Waals surface area contributed by atoms with Crippen LogP contribution < -0.4 is 5.32 Å². The highest BCUT2D eigenvalue weighted by molar-refractivity contribution is 7.22. The number of aryl methyl sites for hydroxylation is 1. The van der Waals surface area contributed by atoms with Gasteiger partial charge >= 0.3 is 0 Å². The zero-order chi connectivity index (χ0) is 14.1. The van der Waals surface area contributed by atoms with Crippen molar-refractivity contribution in [3.63, 3.8) is 0 Å². The van der Waals surface area contributed by atoms with Gasteiger partial charge in [0, 0.05) is 0 Å². The largest absolute Gasteiger partial charge is 0.355 e. The van der Waals surface area contributed by atoms with E-state index in [1.54, 1.807) is 23.5 Å². The van der Waals surface area contributed by atoms with Gasteiger partial charge in [0.05, 0.1) is 16.3 Å². The van der Waals surface area contributed by atoms with E-state index in [1.807, 2.05) is 13.0 Å². The summed E-state index contributed by atoms with van der Waals surface area (Å²) >= 11 is 1.62. The minimum atomic E-state index is -0.212. The number of aromatic nitrogens is 1. The highest BCUT2D eigenvalue weighted by Gasteiger charge is 2.09. The van der Waals surface area contributed by atoms with Crippen LogP contribution in [0.1, 0.15) is 24.1 Å². The molecule has 102 valence electrons. The summed E-state index contributed by atoms with van der Waals surface area (Å²) in [5.74, 6) is -0.212. The van der Waals surface area contributed by atoms with Crippen molar-refractivity contribution in [3.8, 4) is 0 Å². The zero-order valence-corrected chi connectivity index (χ0v) is 12.2. The Morgan fingerprint density at radius 1 is 1.20 bits per heavy atom. The van der Waals surface area contributed by atoms with Crippen molar-refractivity contribution < 1.29 is 4.39 Å². The summed E-state index contributed by atoms with van der Waals surface area (Å²) in [6.07, 6.45) is 0. The molecule has 3 aromatic rings. The van der Waals surface area contributed by atoms with Crippen LogP contribution in [-0.2, 0) is 0 Å². The van der Waals surface area contributed by atoms with Gasteiger partial charge in [0.1, 0.15) is 5.82 Å². The Morgan fingerprint density at radius 3 is 2.85 bits per heavy atom.